The molecule has 1 N–H and O–H groups in total. The van der Waals surface area contributed by atoms with Crippen molar-refractivity contribution in [2.45, 2.75) is 19.9 Å². The Labute approximate surface area is 118 Å². The number of aryl methyl sites for hydroxylation is 2. The molecule has 0 aliphatic carbocycles. The van der Waals surface area contributed by atoms with Gasteiger partial charge in [0.25, 0.3) is 0 Å². The van der Waals surface area contributed by atoms with E-state index in [1.54, 1.807) is 0 Å². The van der Waals surface area contributed by atoms with E-state index in [0.29, 0.717) is 0 Å². The van der Waals surface area contributed by atoms with E-state index in [-0.39, 0.29) is 17.5 Å². The summed E-state index contributed by atoms with van der Waals surface area (Å²) in [5.41, 5.74) is 4.13. The van der Waals surface area contributed by atoms with Crippen molar-refractivity contribution in [3.05, 3.63) is 75.3 Å². The van der Waals surface area contributed by atoms with Gasteiger partial charge in [-0.2, -0.15) is 0 Å². The largest absolute Gasteiger partial charge is 0.372 e. The Morgan fingerprint density at radius 3 is 2.45 bits per heavy atom. The molecular formula is C16H18N2O2. The average Bonchev–Trinajstić information content (AvgIpc) is 2.41. The van der Waals surface area contributed by atoms with Crippen LogP contribution in [0.5, 0.6) is 0 Å². The third-order valence-corrected chi connectivity index (χ3v) is 3.25. The second kappa shape index (κ2) is 6.19. The van der Waals surface area contributed by atoms with Crippen LogP contribution in [0.2, 0.25) is 0 Å². The van der Waals surface area contributed by atoms with Crippen molar-refractivity contribution in [1.29, 1.82) is 0 Å². The highest BCUT2D eigenvalue weighted by Crippen LogP contribution is 2.23. The van der Waals surface area contributed by atoms with Crippen LogP contribution in [0.15, 0.2) is 48.5 Å². The van der Waals surface area contributed by atoms with Gasteiger partial charge in [-0.05, 0) is 31.0 Å². The summed E-state index contributed by atoms with van der Waals surface area (Å²) in [4.78, 5) is 10.6. The fourth-order valence-corrected chi connectivity index (χ4v) is 2.23. The Morgan fingerprint density at radius 1 is 1.15 bits per heavy atom. The fourth-order valence-electron chi connectivity index (χ4n) is 2.23. The normalized spacial score (nSPS) is 11.9. The molecule has 0 fully saturated rings. The highest BCUT2D eigenvalue weighted by Gasteiger charge is 2.18. The molecule has 0 bridgehead atoms. The molecule has 0 aliphatic rings. The summed E-state index contributed by atoms with van der Waals surface area (Å²) in [7, 11) is 0. The lowest BCUT2D eigenvalue weighted by molar-refractivity contribution is -0.482. The molecule has 0 aromatic heterocycles. The first-order valence-electron chi connectivity index (χ1n) is 6.57. The van der Waals surface area contributed by atoms with Gasteiger partial charge in [-0.25, -0.2) is 0 Å². The predicted octanol–water partition coefficient (Wildman–Crippen LogP) is 3.73. The molecule has 4 nitrogen and oxygen atoms in total. The van der Waals surface area contributed by atoms with E-state index in [2.05, 4.69) is 11.4 Å². The van der Waals surface area contributed by atoms with E-state index in [0.717, 1.165) is 16.8 Å². The topological polar surface area (TPSA) is 55.2 Å². The number of benzene rings is 2. The first kappa shape index (κ1) is 14.1. The van der Waals surface area contributed by atoms with Crippen LogP contribution in [-0.2, 0) is 0 Å². The number of rotatable bonds is 5. The number of anilines is 1. The number of nitrogens with zero attached hydrogens (tertiary/aromatic N) is 1. The van der Waals surface area contributed by atoms with Crippen molar-refractivity contribution in [3.8, 4) is 0 Å². The molecule has 0 radical (unpaired) electrons. The molecule has 0 saturated heterocycles. The van der Waals surface area contributed by atoms with Crippen molar-refractivity contribution >= 4 is 5.69 Å². The summed E-state index contributed by atoms with van der Waals surface area (Å²) in [6, 6.07) is 15.2. The maximum Gasteiger partial charge on any atom is 0.227 e. The Kier molecular flexibility index (Phi) is 4.35. The summed E-state index contributed by atoms with van der Waals surface area (Å²) in [5.74, 6) is 0. The minimum Gasteiger partial charge on any atom is -0.372 e. The van der Waals surface area contributed by atoms with Crippen LogP contribution in [0.25, 0.3) is 0 Å². The van der Waals surface area contributed by atoms with Gasteiger partial charge in [0, 0.05) is 10.6 Å². The van der Waals surface area contributed by atoms with Gasteiger partial charge in [-0.3, -0.25) is 10.1 Å². The number of nitro groups is 1. The number of nitrogens with one attached hydrogen (secondary N) is 1. The molecule has 1 atom stereocenters. The summed E-state index contributed by atoms with van der Waals surface area (Å²) in [6.07, 6.45) is 0. The standard InChI is InChI=1S/C16H18N2O2/c1-12-8-9-15(13(2)10-12)17-16(11-18(19)20)14-6-4-3-5-7-14/h3-10,16-17H,11H2,1-2H3. The van der Waals surface area contributed by atoms with Gasteiger partial charge in [0.1, 0.15) is 6.04 Å². The van der Waals surface area contributed by atoms with Gasteiger partial charge in [-0.1, -0.05) is 48.0 Å². The van der Waals surface area contributed by atoms with Crippen LogP contribution in [0.1, 0.15) is 22.7 Å². The van der Waals surface area contributed by atoms with Crippen LogP contribution in [0.3, 0.4) is 0 Å². The summed E-state index contributed by atoms with van der Waals surface area (Å²) >= 11 is 0. The first-order chi connectivity index (χ1) is 9.56. The summed E-state index contributed by atoms with van der Waals surface area (Å²) in [5, 5.41) is 14.2. The van der Waals surface area contributed by atoms with Crippen molar-refractivity contribution in [3.63, 3.8) is 0 Å². The highest BCUT2D eigenvalue weighted by molar-refractivity contribution is 5.53. The second-order valence-electron chi connectivity index (χ2n) is 4.94. The zero-order valence-corrected chi connectivity index (χ0v) is 11.7. The maximum absolute atomic E-state index is 10.9. The zero-order valence-electron chi connectivity index (χ0n) is 11.7. The number of hydrogen-bond donors (Lipinski definition) is 1. The molecule has 2 rings (SSSR count). The Hall–Kier alpha value is -2.36. The smallest absolute Gasteiger partial charge is 0.227 e. The van der Waals surface area contributed by atoms with Gasteiger partial charge in [0.2, 0.25) is 6.54 Å². The molecular weight excluding hydrogens is 252 g/mol. The van der Waals surface area contributed by atoms with Gasteiger partial charge in [-0.15, -0.1) is 0 Å². The Bertz CT molecular complexity index is 597. The third kappa shape index (κ3) is 3.57. The molecule has 2 aromatic rings. The summed E-state index contributed by atoms with van der Waals surface area (Å²) in [6.45, 7) is 3.89. The molecule has 2 aromatic carbocycles. The van der Waals surface area contributed by atoms with E-state index in [4.69, 9.17) is 0 Å². The first-order valence-corrected chi connectivity index (χ1v) is 6.57. The van der Waals surface area contributed by atoms with E-state index < -0.39 is 0 Å². The lowest BCUT2D eigenvalue weighted by Gasteiger charge is -2.18. The molecule has 4 heteroatoms. The van der Waals surface area contributed by atoms with Gasteiger partial charge >= 0.3 is 0 Å². The quantitative estimate of drug-likeness (QED) is 0.665. The van der Waals surface area contributed by atoms with Crippen LogP contribution in [-0.4, -0.2) is 11.5 Å². The minimum absolute atomic E-state index is 0.142. The van der Waals surface area contributed by atoms with Crippen LogP contribution >= 0.6 is 0 Å². The molecule has 0 amide bonds. The van der Waals surface area contributed by atoms with Crippen LogP contribution < -0.4 is 5.32 Å². The number of hydrogen-bond acceptors (Lipinski definition) is 3. The Morgan fingerprint density at radius 2 is 1.85 bits per heavy atom. The molecule has 0 spiro atoms. The van der Waals surface area contributed by atoms with E-state index in [1.807, 2.05) is 56.3 Å². The van der Waals surface area contributed by atoms with Gasteiger partial charge in [0.15, 0.2) is 0 Å². The predicted molar refractivity (Wildman–Crippen MR) is 80.6 cm³/mol. The third-order valence-electron chi connectivity index (χ3n) is 3.25. The average molecular weight is 270 g/mol. The molecule has 0 saturated carbocycles. The Balaban J connectivity index is 2.26. The minimum atomic E-state index is -0.326. The SMILES string of the molecule is Cc1ccc(NC(C[N+](=O)[O-])c2ccccc2)c(C)c1. The molecule has 20 heavy (non-hydrogen) atoms. The molecule has 0 heterocycles. The van der Waals surface area contributed by atoms with Crippen molar-refractivity contribution in [2.24, 2.45) is 0 Å². The van der Waals surface area contributed by atoms with Crippen LogP contribution in [0, 0.1) is 24.0 Å². The van der Waals surface area contributed by atoms with Gasteiger partial charge < -0.3 is 5.32 Å². The van der Waals surface area contributed by atoms with Crippen molar-refractivity contribution < 1.29 is 4.92 Å². The van der Waals surface area contributed by atoms with E-state index in [9.17, 15) is 10.1 Å². The van der Waals surface area contributed by atoms with Crippen molar-refractivity contribution in [1.82, 2.24) is 0 Å². The van der Waals surface area contributed by atoms with Crippen LogP contribution in [0.4, 0.5) is 5.69 Å². The second-order valence-corrected chi connectivity index (χ2v) is 4.94. The monoisotopic (exact) mass is 270 g/mol. The van der Waals surface area contributed by atoms with Gasteiger partial charge in [0.05, 0.1) is 0 Å². The summed E-state index contributed by atoms with van der Waals surface area (Å²) < 4.78 is 0. The lowest BCUT2D eigenvalue weighted by Crippen LogP contribution is -2.20. The van der Waals surface area contributed by atoms with Crippen molar-refractivity contribution in [2.75, 3.05) is 11.9 Å². The molecule has 104 valence electrons. The van der Waals surface area contributed by atoms with E-state index in [1.165, 1.54) is 5.56 Å². The lowest BCUT2D eigenvalue weighted by atomic mass is 10.0. The van der Waals surface area contributed by atoms with E-state index >= 15 is 0 Å². The fraction of sp³-hybridized carbons (Fsp3) is 0.250. The zero-order chi connectivity index (χ0) is 14.5. The highest BCUT2D eigenvalue weighted by atomic mass is 16.6. The molecule has 0 aliphatic heterocycles. The maximum atomic E-state index is 10.9. The molecule has 1 unspecified atom stereocenters.